The number of carbonyl (C=O) groups is 3. The largest absolute Gasteiger partial charge is 2.00 e. The molecule has 0 saturated heterocycles. The number of nitrogens with one attached hydrogen (secondary N) is 3. The van der Waals surface area contributed by atoms with Crippen molar-refractivity contribution in [2.45, 2.75) is 37.8 Å². The van der Waals surface area contributed by atoms with Crippen LogP contribution in [0, 0.1) is 0 Å². The number of carbonyl (C=O) groups excluding carboxylic acids is 3. The van der Waals surface area contributed by atoms with Gasteiger partial charge in [0.05, 0.1) is 24.9 Å². The van der Waals surface area contributed by atoms with Gasteiger partial charge in [0.15, 0.2) is 0 Å². The summed E-state index contributed by atoms with van der Waals surface area (Å²) in [5.74, 6) is -2.54. The van der Waals surface area contributed by atoms with Gasteiger partial charge in [-0.05, 0) is 25.8 Å². The van der Waals surface area contributed by atoms with Crippen LogP contribution in [-0.2, 0) is 37.9 Å². The number of carboxylic acids is 1. The van der Waals surface area contributed by atoms with Crippen molar-refractivity contribution < 1.29 is 36.6 Å². The molecule has 1 aromatic rings. The third-order valence-corrected chi connectivity index (χ3v) is 3.36. The minimum absolute atomic E-state index is 0. The van der Waals surface area contributed by atoms with E-state index >= 15 is 0 Å². The summed E-state index contributed by atoms with van der Waals surface area (Å²) in [5.41, 5.74) is 11.2. The number of aliphatic carboxylic acids is 1. The summed E-state index contributed by atoms with van der Waals surface area (Å²) < 4.78 is 0. The van der Waals surface area contributed by atoms with Gasteiger partial charge in [0.2, 0.25) is 11.8 Å². The van der Waals surface area contributed by atoms with Crippen molar-refractivity contribution >= 4 is 17.8 Å². The van der Waals surface area contributed by atoms with Crippen molar-refractivity contribution in [1.29, 1.82) is 0 Å². The first kappa shape index (κ1) is 23.1. The Labute approximate surface area is 156 Å². The van der Waals surface area contributed by atoms with Gasteiger partial charge >= 0.3 is 17.1 Å². The number of amides is 2. The van der Waals surface area contributed by atoms with E-state index < -0.39 is 29.9 Å². The average molecular weight is 403 g/mol. The number of carboxylic acid groups (broad SMARTS) is 1. The van der Waals surface area contributed by atoms with Crippen molar-refractivity contribution in [3.8, 4) is 0 Å². The molecule has 0 bridgehead atoms. The Morgan fingerprint density at radius 3 is 2.44 bits per heavy atom. The summed E-state index contributed by atoms with van der Waals surface area (Å²) in [6, 6.07) is -2.12. The summed E-state index contributed by atoms with van der Waals surface area (Å²) in [5, 5.41) is 16.0. The number of aromatic amines is 1. The van der Waals surface area contributed by atoms with Gasteiger partial charge in [0.1, 0.15) is 6.04 Å². The molecule has 25 heavy (non-hydrogen) atoms. The second-order valence-electron chi connectivity index (χ2n) is 5.27. The van der Waals surface area contributed by atoms with Gasteiger partial charge in [-0.25, -0.2) is 4.98 Å². The molecule has 0 aromatic carbocycles. The zero-order chi connectivity index (χ0) is 17.9. The van der Waals surface area contributed by atoms with E-state index in [1.54, 1.807) is 0 Å². The van der Waals surface area contributed by atoms with Crippen LogP contribution in [0.3, 0.4) is 0 Å². The molecule has 11 heteroatoms. The first-order valence-corrected chi connectivity index (χ1v) is 7.66. The molecular formula is C14H23CuN6O4+. The molecule has 1 radical (unpaired) electrons. The van der Waals surface area contributed by atoms with Crippen molar-refractivity contribution in [2.24, 2.45) is 11.5 Å². The first-order chi connectivity index (χ1) is 11.5. The second-order valence-corrected chi connectivity index (χ2v) is 5.27. The number of nitrogens with zero attached hydrogens (tertiary/aromatic N) is 1. The third kappa shape index (κ3) is 8.64. The van der Waals surface area contributed by atoms with Crippen LogP contribution in [0.25, 0.3) is 0 Å². The molecule has 0 aliphatic heterocycles. The molecule has 7 N–H and O–H groups in total. The summed E-state index contributed by atoms with van der Waals surface area (Å²) in [6.45, 7) is 0.149. The van der Waals surface area contributed by atoms with Crippen LogP contribution >= 0.6 is 0 Å². The van der Waals surface area contributed by atoms with Gasteiger partial charge in [-0.1, -0.05) is 0 Å². The zero-order valence-electron chi connectivity index (χ0n) is 13.6. The predicted octanol–water partition coefficient (Wildman–Crippen LogP) is -3.24. The van der Waals surface area contributed by atoms with Crippen LogP contribution in [0.5, 0.6) is 0 Å². The van der Waals surface area contributed by atoms with Gasteiger partial charge < -0.3 is 37.0 Å². The van der Waals surface area contributed by atoms with E-state index in [1.165, 1.54) is 12.5 Å². The Hall–Kier alpha value is -1.94. The van der Waals surface area contributed by atoms with Crippen LogP contribution in [0.4, 0.5) is 0 Å². The van der Waals surface area contributed by atoms with Gasteiger partial charge in [-0.2, -0.15) is 0 Å². The fourth-order valence-corrected chi connectivity index (χ4v) is 2.09. The maximum absolute atomic E-state index is 12.4. The smallest absolute Gasteiger partial charge is 0.548 e. The maximum atomic E-state index is 12.4. The molecule has 143 valence electrons. The van der Waals surface area contributed by atoms with E-state index in [-0.39, 0.29) is 36.5 Å². The molecule has 2 unspecified atom stereocenters. The zero-order valence-corrected chi connectivity index (χ0v) is 14.5. The Kier molecular flexibility index (Phi) is 11.5. The van der Waals surface area contributed by atoms with Crippen LogP contribution in [-0.4, -0.2) is 52.9 Å². The van der Waals surface area contributed by atoms with Crippen molar-refractivity contribution in [2.75, 3.05) is 13.1 Å². The topological polar surface area (TPSA) is 179 Å². The minimum atomic E-state index is -1.38. The molecule has 10 nitrogen and oxygen atoms in total. The second kappa shape index (κ2) is 12.4. The molecular weight excluding hydrogens is 380 g/mol. The molecule has 0 aliphatic rings. The van der Waals surface area contributed by atoms with E-state index in [0.717, 1.165) is 0 Å². The molecule has 0 aliphatic carbocycles. The molecule has 2 atom stereocenters. The monoisotopic (exact) mass is 402 g/mol. The van der Waals surface area contributed by atoms with Gasteiger partial charge in [-0.3, -0.25) is 9.59 Å². The minimum Gasteiger partial charge on any atom is -0.548 e. The van der Waals surface area contributed by atoms with E-state index in [2.05, 4.69) is 20.6 Å². The third-order valence-electron chi connectivity index (χ3n) is 3.36. The number of imidazole rings is 1. The number of H-pyrrole nitrogens is 1. The van der Waals surface area contributed by atoms with Crippen LogP contribution in [0.1, 0.15) is 25.0 Å². The van der Waals surface area contributed by atoms with Gasteiger partial charge in [0, 0.05) is 18.3 Å². The van der Waals surface area contributed by atoms with Gasteiger partial charge in [-0.15, -0.1) is 0 Å². The van der Waals surface area contributed by atoms with E-state index in [0.29, 0.717) is 25.1 Å². The fraction of sp³-hybridized carbons (Fsp3) is 0.571. The molecule has 1 aromatic heterocycles. The molecule has 1 heterocycles. The number of nitrogens with two attached hydrogens (primary N) is 2. The fourth-order valence-electron chi connectivity index (χ4n) is 2.09. The maximum Gasteiger partial charge on any atom is 2.00 e. The van der Waals surface area contributed by atoms with Crippen LogP contribution < -0.4 is 27.2 Å². The van der Waals surface area contributed by atoms with Crippen LogP contribution in [0.2, 0.25) is 0 Å². The van der Waals surface area contributed by atoms with E-state index in [9.17, 15) is 19.5 Å². The normalized spacial score (nSPS) is 12.6. The average Bonchev–Trinajstić information content (AvgIpc) is 3.06. The van der Waals surface area contributed by atoms with E-state index in [1.807, 2.05) is 0 Å². The number of rotatable bonds is 11. The Bertz CT molecular complexity index is 539. The Morgan fingerprint density at radius 2 is 1.92 bits per heavy atom. The summed E-state index contributed by atoms with van der Waals surface area (Å²) in [4.78, 5) is 41.7. The summed E-state index contributed by atoms with van der Waals surface area (Å²) in [7, 11) is 0. The molecule has 2 amide bonds. The standard InChI is InChI=1S/C14H24N6O4.Cu/c15-4-2-1-3-10(14(23)24)20-13(22)11(19-12(21)6-16)5-9-7-17-8-18-9;/h7-8,10-11H,1-6,15-16H2,(H,17,18)(H,19,21)(H,20,22)(H,23,24);/q;+2/p-1. The van der Waals surface area contributed by atoms with Crippen molar-refractivity contribution in [3.05, 3.63) is 18.2 Å². The SMILES string of the molecule is NCCCCC(NC(=O)C(Cc1cnc[nH]1)NC(=O)CN)C(=O)[O-].[Cu+2]. The summed E-state index contributed by atoms with van der Waals surface area (Å²) in [6.07, 6.45) is 4.45. The predicted molar refractivity (Wildman–Crippen MR) is 83.1 cm³/mol. The summed E-state index contributed by atoms with van der Waals surface area (Å²) >= 11 is 0. The Balaban J connectivity index is 0.00000576. The van der Waals surface area contributed by atoms with Crippen molar-refractivity contribution in [3.63, 3.8) is 0 Å². The first-order valence-electron chi connectivity index (χ1n) is 7.66. The molecule has 0 saturated carbocycles. The number of unbranched alkanes of at least 4 members (excludes halogenated alkanes) is 1. The number of hydrogen-bond acceptors (Lipinski definition) is 7. The Morgan fingerprint density at radius 1 is 1.20 bits per heavy atom. The van der Waals surface area contributed by atoms with Crippen molar-refractivity contribution in [1.82, 2.24) is 20.6 Å². The van der Waals surface area contributed by atoms with Gasteiger partial charge in [0.25, 0.3) is 0 Å². The van der Waals surface area contributed by atoms with Crippen LogP contribution in [0.15, 0.2) is 12.5 Å². The number of aromatic nitrogens is 2. The quantitative estimate of drug-likeness (QED) is 0.190. The molecule has 0 fully saturated rings. The molecule has 1 rings (SSSR count). The number of hydrogen-bond donors (Lipinski definition) is 5. The molecule has 0 spiro atoms. The van der Waals surface area contributed by atoms with E-state index in [4.69, 9.17) is 11.5 Å².